The van der Waals surface area contributed by atoms with Crippen molar-refractivity contribution in [1.82, 2.24) is 14.9 Å². The molecule has 2 aromatic rings. The van der Waals surface area contributed by atoms with Crippen molar-refractivity contribution in [3.8, 4) is 5.75 Å². The minimum absolute atomic E-state index is 0.230. The van der Waals surface area contributed by atoms with Gasteiger partial charge in [0.15, 0.2) is 0 Å². The lowest BCUT2D eigenvalue weighted by Gasteiger charge is -2.34. The van der Waals surface area contributed by atoms with Crippen molar-refractivity contribution in [2.45, 2.75) is 57.9 Å². The number of nitrogens with zero attached hydrogens (tertiary/aromatic N) is 4. The van der Waals surface area contributed by atoms with Crippen LogP contribution < -0.4 is 9.64 Å². The zero-order valence-electron chi connectivity index (χ0n) is 18.6. The van der Waals surface area contributed by atoms with E-state index in [1.807, 2.05) is 17.0 Å². The van der Waals surface area contributed by atoms with Crippen LogP contribution in [0.15, 0.2) is 24.3 Å². The Balaban J connectivity index is 1.35. The van der Waals surface area contributed by atoms with E-state index in [1.165, 1.54) is 24.0 Å². The summed E-state index contributed by atoms with van der Waals surface area (Å²) in [6.45, 7) is 5.90. The van der Waals surface area contributed by atoms with Gasteiger partial charge >= 0.3 is 0 Å². The molecule has 0 N–H and O–H groups in total. The largest absolute Gasteiger partial charge is 0.497 e. The lowest BCUT2D eigenvalue weighted by molar-refractivity contribution is -0.119. The Morgan fingerprint density at radius 2 is 1.90 bits per heavy atom. The van der Waals surface area contributed by atoms with Crippen LogP contribution in [0.4, 0.5) is 5.82 Å². The van der Waals surface area contributed by atoms with Gasteiger partial charge in [-0.2, -0.15) is 0 Å². The summed E-state index contributed by atoms with van der Waals surface area (Å²) >= 11 is 0. The Morgan fingerprint density at radius 3 is 2.65 bits per heavy atom. The smallest absolute Gasteiger partial charge is 0.228 e. The summed E-state index contributed by atoms with van der Waals surface area (Å²) in [7, 11) is 1.70. The molecule has 6 heteroatoms. The number of hydrogen-bond acceptors (Lipinski definition) is 5. The number of ether oxygens (including phenoxy) is 1. The van der Waals surface area contributed by atoms with Crippen LogP contribution in [0.5, 0.6) is 5.75 Å². The zero-order chi connectivity index (χ0) is 21.4. The maximum absolute atomic E-state index is 12.7. The summed E-state index contributed by atoms with van der Waals surface area (Å²) in [5.74, 6) is 3.92. The number of carbonyl (C=O) groups is 1. The second-order valence-corrected chi connectivity index (χ2v) is 9.34. The van der Waals surface area contributed by atoms with Gasteiger partial charge in [-0.1, -0.05) is 12.1 Å². The van der Waals surface area contributed by atoms with Crippen molar-refractivity contribution >= 4 is 11.7 Å². The molecule has 3 aliphatic rings. The van der Waals surface area contributed by atoms with E-state index in [1.54, 1.807) is 7.11 Å². The van der Waals surface area contributed by atoms with Gasteiger partial charge in [0.1, 0.15) is 17.4 Å². The van der Waals surface area contributed by atoms with Crippen molar-refractivity contribution in [2.24, 2.45) is 5.92 Å². The minimum atomic E-state index is 0.230. The summed E-state index contributed by atoms with van der Waals surface area (Å²) < 4.78 is 5.28. The first-order valence-corrected chi connectivity index (χ1v) is 11.6. The predicted molar refractivity (Wildman–Crippen MR) is 120 cm³/mol. The number of methoxy groups -OCH3 is 1. The molecule has 5 rings (SSSR count). The number of rotatable bonds is 6. The maximum Gasteiger partial charge on any atom is 0.228 e. The van der Waals surface area contributed by atoms with Crippen LogP contribution >= 0.6 is 0 Å². The molecule has 1 saturated heterocycles. The van der Waals surface area contributed by atoms with Gasteiger partial charge in [0, 0.05) is 43.2 Å². The third-order valence-corrected chi connectivity index (χ3v) is 6.93. The van der Waals surface area contributed by atoms with Crippen LogP contribution in [0.2, 0.25) is 0 Å². The summed E-state index contributed by atoms with van der Waals surface area (Å²) in [5.41, 5.74) is 3.53. The fourth-order valence-corrected chi connectivity index (χ4v) is 4.93. The predicted octanol–water partition coefficient (Wildman–Crippen LogP) is 3.86. The third kappa shape index (κ3) is 4.45. The van der Waals surface area contributed by atoms with Crippen molar-refractivity contribution in [3.63, 3.8) is 0 Å². The summed E-state index contributed by atoms with van der Waals surface area (Å²) in [6, 6.07) is 8.34. The molecular formula is C25H32N4O2. The molecule has 2 aliphatic heterocycles. The number of likely N-dealkylation sites (tertiary alicyclic amines) is 1. The van der Waals surface area contributed by atoms with E-state index >= 15 is 0 Å². The monoisotopic (exact) mass is 420 g/mol. The highest BCUT2D eigenvalue weighted by Crippen LogP contribution is 2.36. The van der Waals surface area contributed by atoms with Crippen LogP contribution in [0.1, 0.15) is 60.7 Å². The van der Waals surface area contributed by atoms with Crippen LogP contribution in [0.3, 0.4) is 0 Å². The third-order valence-electron chi connectivity index (χ3n) is 6.93. The molecule has 1 saturated carbocycles. The second-order valence-electron chi connectivity index (χ2n) is 9.34. The van der Waals surface area contributed by atoms with Gasteiger partial charge in [0.25, 0.3) is 0 Å². The number of amides is 1. The highest BCUT2D eigenvalue weighted by Gasteiger charge is 2.34. The molecule has 1 atom stereocenters. The molecule has 31 heavy (non-hydrogen) atoms. The summed E-state index contributed by atoms with van der Waals surface area (Å²) in [4.78, 5) is 27.1. The number of aromatic nitrogens is 2. The lowest BCUT2D eigenvalue weighted by atomic mass is 9.95. The van der Waals surface area contributed by atoms with E-state index in [-0.39, 0.29) is 5.91 Å². The fourth-order valence-electron chi connectivity index (χ4n) is 4.93. The molecule has 2 fully saturated rings. The number of hydrogen-bond donors (Lipinski definition) is 0. The normalized spacial score (nSPS) is 21.8. The lowest BCUT2D eigenvalue weighted by Crippen LogP contribution is -2.39. The van der Waals surface area contributed by atoms with E-state index in [2.05, 4.69) is 24.0 Å². The molecule has 164 valence electrons. The number of fused-ring (bicyclic) bond motifs is 1. The molecule has 3 heterocycles. The van der Waals surface area contributed by atoms with E-state index in [0.717, 1.165) is 68.5 Å². The molecule has 1 aromatic carbocycles. The molecule has 6 nitrogen and oxygen atoms in total. The van der Waals surface area contributed by atoms with E-state index in [0.29, 0.717) is 18.3 Å². The first-order valence-electron chi connectivity index (χ1n) is 11.6. The van der Waals surface area contributed by atoms with Gasteiger partial charge in [-0.3, -0.25) is 14.6 Å². The number of benzene rings is 1. The van der Waals surface area contributed by atoms with Crippen LogP contribution in [0.25, 0.3) is 0 Å². The van der Waals surface area contributed by atoms with E-state index < -0.39 is 0 Å². The van der Waals surface area contributed by atoms with Crippen molar-refractivity contribution in [1.29, 1.82) is 0 Å². The van der Waals surface area contributed by atoms with Gasteiger partial charge < -0.3 is 4.74 Å². The van der Waals surface area contributed by atoms with Gasteiger partial charge in [-0.15, -0.1) is 0 Å². The zero-order valence-corrected chi connectivity index (χ0v) is 18.6. The second kappa shape index (κ2) is 8.58. The standard InChI is InChI=1S/C25H32N4O2/c1-17-22-11-12-23(30)29(15-19-5-6-19)25(22)27-24(26-17)20-4-3-13-28(16-20)14-18-7-9-21(31-2)10-8-18/h7-10,19-20H,3-6,11-16H2,1-2H3/t20-/m1/s1. The van der Waals surface area contributed by atoms with Crippen LogP contribution in [-0.2, 0) is 17.8 Å². The Labute approximate surface area is 184 Å². The number of aryl methyl sites for hydroxylation is 1. The molecular weight excluding hydrogens is 388 g/mol. The van der Waals surface area contributed by atoms with Crippen LogP contribution in [0, 0.1) is 12.8 Å². The molecule has 1 amide bonds. The maximum atomic E-state index is 12.7. The van der Waals surface area contributed by atoms with Gasteiger partial charge in [0.2, 0.25) is 5.91 Å². The molecule has 1 aliphatic carbocycles. The Kier molecular flexibility index (Phi) is 5.65. The number of carbonyl (C=O) groups excluding carboxylic acids is 1. The first kappa shape index (κ1) is 20.4. The number of anilines is 1. The van der Waals surface area contributed by atoms with Gasteiger partial charge in [0.05, 0.1) is 7.11 Å². The van der Waals surface area contributed by atoms with Crippen LogP contribution in [-0.4, -0.2) is 47.5 Å². The SMILES string of the molecule is COc1ccc(CN2CCC[C@@H](c3nc(C)c4c(n3)N(CC3CC3)C(=O)CC4)C2)cc1. The minimum Gasteiger partial charge on any atom is -0.497 e. The molecule has 0 bridgehead atoms. The Bertz CT molecular complexity index is 955. The Morgan fingerprint density at radius 1 is 1.10 bits per heavy atom. The quantitative estimate of drug-likeness (QED) is 0.710. The topological polar surface area (TPSA) is 58.6 Å². The van der Waals surface area contributed by atoms with Gasteiger partial charge in [-0.25, -0.2) is 9.97 Å². The van der Waals surface area contributed by atoms with E-state index in [9.17, 15) is 4.79 Å². The first-order chi connectivity index (χ1) is 15.1. The highest BCUT2D eigenvalue weighted by molar-refractivity contribution is 5.95. The van der Waals surface area contributed by atoms with Crippen molar-refractivity contribution < 1.29 is 9.53 Å². The average Bonchev–Trinajstić information content (AvgIpc) is 3.61. The fraction of sp³-hybridized carbons (Fsp3) is 0.560. The summed E-state index contributed by atoms with van der Waals surface area (Å²) in [6.07, 6.45) is 6.08. The molecule has 0 radical (unpaired) electrons. The summed E-state index contributed by atoms with van der Waals surface area (Å²) in [5, 5.41) is 0. The molecule has 0 spiro atoms. The number of piperidine rings is 1. The molecule has 0 unspecified atom stereocenters. The van der Waals surface area contributed by atoms with Crippen molar-refractivity contribution in [2.75, 3.05) is 31.6 Å². The van der Waals surface area contributed by atoms with E-state index in [4.69, 9.17) is 14.7 Å². The van der Waals surface area contributed by atoms with Gasteiger partial charge in [-0.05, 0) is 69.2 Å². The van der Waals surface area contributed by atoms with Crippen molar-refractivity contribution in [3.05, 3.63) is 46.9 Å². The highest BCUT2D eigenvalue weighted by atomic mass is 16.5. The Hall–Kier alpha value is -2.47. The molecule has 1 aromatic heterocycles. The average molecular weight is 421 g/mol.